The van der Waals surface area contributed by atoms with Gasteiger partial charge in [-0.1, -0.05) is 13.8 Å². The van der Waals surface area contributed by atoms with E-state index in [9.17, 15) is 4.79 Å². The number of hydrogen-bond acceptors (Lipinski definition) is 6. The number of anilines is 1. The van der Waals surface area contributed by atoms with Crippen LogP contribution in [0.1, 0.15) is 27.2 Å². The third kappa shape index (κ3) is 6.10. The molecule has 0 aliphatic carbocycles. The van der Waals surface area contributed by atoms with Gasteiger partial charge in [-0.15, -0.1) is 0 Å². The van der Waals surface area contributed by atoms with Crippen LogP contribution in [0.25, 0.3) is 11.3 Å². The van der Waals surface area contributed by atoms with Crippen LogP contribution in [0.5, 0.6) is 11.5 Å². The van der Waals surface area contributed by atoms with Gasteiger partial charge >= 0.3 is 6.09 Å². The van der Waals surface area contributed by atoms with Gasteiger partial charge in [-0.2, -0.15) is 0 Å². The maximum atomic E-state index is 10.8. The molecule has 27 heavy (non-hydrogen) atoms. The van der Waals surface area contributed by atoms with E-state index in [4.69, 9.17) is 20.3 Å². The average molecular weight is 374 g/mol. The fraction of sp³-hybridized carbons (Fsp3) is 0.421. The van der Waals surface area contributed by atoms with E-state index < -0.39 is 11.6 Å². The molecule has 0 aliphatic rings. The lowest BCUT2D eigenvalue weighted by Crippen LogP contribution is -2.43. The van der Waals surface area contributed by atoms with Crippen molar-refractivity contribution in [2.24, 2.45) is 11.7 Å². The van der Waals surface area contributed by atoms with Crippen molar-refractivity contribution in [1.82, 2.24) is 9.97 Å². The molecule has 8 nitrogen and oxygen atoms in total. The quantitative estimate of drug-likeness (QED) is 0.648. The van der Waals surface area contributed by atoms with E-state index in [-0.39, 0.29) is 5.82 Å². The number of aromatic nitrogens is 2. The van der Waals surface area contributed by atoms with Crippen LogP contribution < -0.4 is 20.5 Å². The maximum Gasteiger partial charge on any atom is 0.410 e. The molecule has 0 spiro atoms. The minimum atomic E-state index is -1.18. The van der Waals surface area contributed by atoms with Crippen molar-refractivity contribution in [1.29, 1.82) is 0 Å². The van der Waals surface area contributed by atoms with Crippen LogP contribution >= 0.6 is 0 Å². The molecule has 0 fully saturated rings. The highest BCUT2D eigenvalue weighted by atomic mass is 16.5. The molecule has 0 bridgehead atoms. The number of rotatable bonds is 8. The maximum absolute atomic E-state index is 10.8. The zero-order chi connectivity index (χ0) is 20.0. The molecule has 0 aromatic carbocycles. The molecular formula is C19H26N4O4. The Morgan fingerprint density at radius 2 is 2.07 bits per heavy atom. The minimum Gasteiger partial charge on any atom is -0.493 e. The first kappa shape index (κ1) is 20.4. The van der Waals surface area contributed by atoms with Gasteiger partial charge in [0.1, 0.15) is 12.4 Å². The Bertz CT molecular complexity index is 793. The minimum absolute atomic E-state index is 0.216. The second-order valence-corrected chi connectivity index (χ2v) is 7.12. The van der Waals surface area contributed by atoms with E-state index in [1.54, 1.807) is 31.5 Å². The Morgan fingerprint density at radius 3 is 2.70 bits per heavy atom. The molecule has 2 aromatic rings. The van der Waals surface area contributed by atoms with E-state index in [1.807, 2.05) is 6.92 Å². The highest BCUT2D eigenvalue weighted by molar-refractivity contribution is 5.82. The second kappa shape index (κ2) is 8.68. The van der Waals surface area contributed by atoms with Crippen molar-refractivity contribution >= 4 is 11.9 Å². The normalized spacial score (nSPS) is 13.1. The Kier molecular flexibility index (Phi) is 6.57. The second-order valence-electron chi connectivity index (χ2n) is 7.12. The van der Waals surface area contributed by atoms with Crippen LogP contribution in [0.15, 0.2) is 30.6 Å². The standard InChI is InChI=1S/C19H26N4O4/c1-12(2)9-19(3,20)11-27-16-10-22-14(8-15(16)26-4)13-5-6-21-17(7-13)23-18(24)25/h5-8,10,12H,9,11,20H2,1-4H3,(H,21,23)(H,24,25). The topological polar surface area (TPSA) is 120 Å². The van der Waals surface area contributed by atoms with Gasteiger partial charge in [-0.3, -0.25) is 10.3 Å². The third-order valence-electron chi connectivity index (χ3n) is 3.77. The highest BCUT2D eigenvalue weighted by Gasteiger charge is 2.22. The first-order chi connectivity index (χ1) is 12.7. The highest BCUT2D eigenvalue weighted by Crippen LogP contribution is 2.31. The molecule has 2 rings (SSSR count). The summed E-state index contributed by atoms with van der Waals surface area (Å²) in [7, 11) is 1.55. The van der Waals surface area contributed by atoms with Crippen LogP contribution in [-0.2, 0) is 0 Å². The number of pyridine rings is 2. The van der Waals surface area contributed by atoms with Gasteiger partial charge in [0.05, 0.1) is 19.0 Å². The van der Waals surface area contributed by atoms with Gasteiger partial charge in [-0.25, -0.2) is 9.78 Å². The molecule has 2 aromatic heterocycles. The molecular weight excluding hydrogens is 348 g/mol. The Labute approximate surface area is 158 Å². The monoisotopic (exact) mass is 374 g/mol. The zero-order valence-electron chi connectivity index (χ0n) is 16.0. The summed E-state index contributed by atoms with van der Waals surface area (Å²) in [6, 6.07) is 5.05. The van der Waals surface area contributed by atoms with Crippen molar-refractivity contribution in [3.63, 3.8) is 0 Å². The van der Waals surface area contributed by atoms with Gasteiger partial charge in [-0.05, 0) is 31.4 Å². The van der Waals surface area contributed by atoms with E-state index in [0.29, 0.717) is 35.3 Å². The van der Waals surface area contributed by atoms with Gasteiger partial charge in [0.25, 0.3) is 0 Å². The number of nitrogens with two attached hydrogens (primary N) is 1. The van der Waals surface area contributed by atoms with E-state index in [0.717, 1.165) is 6.42 Å². The summed E-state index contributed by atoms with van der Waals surface area (Å²) in [5, 5.41) is 11.0. The number of carboxylic acid groups (broad SMARTS) is 1. The number of amides is 1. The lowest BCUT2D eigenvalue weighted by Gasteiger charge is -2.27. The molecule has 0 aliphatic heterocycles. The number of hydrogen-bond donors (Lipinski definition) is 3. The fourth-order valence-corrected chi connectivity index (χ4v) is 2.85. The summed E-state index contributed by atoms with van der Waals surface area (Å²) < 4.78 is 11.3. The molecule has 2 heterocycles. The van der Waals surface area contributed by atoms with Crippen LogP contribution in [0, 0.1) is 5.92 Å². The summed E-state index contributed by atoms with van der Waals surface area (Å²) in [5.74, 6) is 1.70. The molecule has 8 heteroatoms. The summed E-state index contributed by atoms with van der Waals surface area (Å²) in [5.41, 5.74) is 7.13. The predicted molar refractivity (Wildman–Crippen MR) is 103 cm³/mol. The molecule has 4 N–H and O–H groups in total. The van der Waals surface area contributed by atoms with Crippen LogP contribution in [-0.4, -0.2) is 40.4 Å². The molecule has 1 unspecified atom stereocenters. The smallest absolute Gasteiger partial charge is 0.410 e. The number of ether oxygens (including phenoxy) is 2. The van der Waals surface area contributed by atoms with Gasteiger partial charge in [0.2, 0.25) is 0 Å². The predicted octanol–water partition coefficient (Wildman–Crippen LogP) is 3.38. The van der Waals surface area contributed by atoms with Crippen molar-refractivity contribution in [3.8, 4) is 22.8 Å². The van der Waals surface area contributed by atoms with E-state index in [2.05, 4.69) is 29.1 Å². The molecule has 146 valence electrons. The number of methoxy groups -OCH3 is 1. The molecule has 1 amide bonds. The van der Waals surface area contributed by atoms with Crippen LogP contribution in [0.2, 0.25) is 0 Å². The lowest BCUT2D eigenvalue weighted by molar-refractivity contribution is 0.200. The van der Waals surface area contributed by atoms with Crippen LogP contribution in [0.4, 0.5) is 10.6 Å². The first-order valence-corrected chi connectivity index (χ1v) is 8.62. The van der Waals surface area contributed by atoms with Crippen molar-refractivity contribution in [2.75, 3.05) is 19.0 Å². The summed E-state index contributed by atoms with van der Waals surface area (Å²) in [4.78, 5) is 19.1. The molecule has 0 radical (unpaired) electrons. The Balaban J connectivity index is 2.20. The lowest BCUT2D eigenvalue weighted by atomic mass is 9.93. The van der Waals surface area contributed by atoms with Crippen LogP contribution in [0.3, 0.4) is 0 Å². The Morgan fingerprint density at radius 1 is 1.33 bits per heavy atom. The zero-order valence-corrected chi connectivity index (χ0v) is 16.0. The van der Waals surface area contributed by atoms with Crippen molar-refractivity contribution in [3.05, 3.63) is 30.6 Å². The SMILES string of the molecule is COc1cc(-c2ccnc(NC(=O)O)c2)ncc1OCC(C)(N)CC(C)C. The number of nitrogens with one attached hydrogen (secondary N) is 1. The first-order valence-electron chi connectivity index (χ1n) is 8.62. The van der Waals surface area contributed by atoms with Crippen molar-refractivity contribution < 1.29 is 19.4 Å². The van der Waals surface area contributed by atoms with Gasteiger partial charge < -0.3 is 20.3 Å². The van der Waals surface area contributed by atoms with Gasteiger partial charge in [0, 0.05) is 23.4 Å². The van der Waals surface area contributed by atoms with Crippen molar-refractivity contribution in [2.45, 2.75) is 32.7 Å². The number of nitrogens with zero attached hydrogens (tertiary/aromatic N) is 2. The molecule has 0 saturated heterocycles. The third-order valence-corrected chi connectivity index (χ3v) is 3.77. The van der Waals surface area contributed by atoms with E-state index >= 15 is 0 Å². The Hall–Kier alpha value is -2.87. The largest absolute Gasteiger partial charge is 0.493 e. The molecule has 1 atom stereocenters. The summed E-state index contributed by atoms with van der Waals surface area (Å²) in [6.45, 7) is 6.52. The fourth-order valence-electron chi connectivity index (χ4n) is 2.85. The number of carbonyl (C=O) groups is 1. The summed E-state index contributed by atoms with van der Waals surface area (Å²) >= 11 is 0. The average Bonchev–Trinajstić information content (AvgIpc) is 2.58. The molecule has 0 saturated carbocycles. The summed E-state index contributed by atoms with van der Waals surface area (Å²) in [6.07, 6.45) is 2.73. The van der Waals surface area contributed by atoms with Gasteiger partial charge in [0.15, 0.2) is 11.5 Å². The van der Waals surface area contributed by atoms with E-state index in [1.165, 1.54) is 6.20 Å².